The van der Waals surface area contributed by atoms with Gasteiger partial charge in [-0.1, -0.05) is 24.6 Å². The number of nitrogens with one attached hydrogen (secondary N) is 1. The van der Waals surface area contributed by atoms with E-state index >= 15 is 0 Å². The lowest BCUT2D eigenvalue weighted by Crippen LogP contribution is -2.33. The molecule has 92 valence electrons. The zero-order valence-corrected chi connectivity index (χ0v) is 10.8. The molecule has 0 spiro atoms. The van der Waals surface area contributed by atoms with E-state index in [2.05, 4.69) is 15.5 Å². The molecule has 0 aliphatic heterocycles. The molecule has 17 heavy (non-hydrogen) atoms. The van der Waals surface area contributed by atoms with Crippen molar-refractivity contribution < 1.29 is 4.79 Å². The Morgan fingerprint density at radius 1 is 1.41 bits per heavy atom. The SMILES string of the molecule is Cc1ccc(SCC(=O)NC2CCCC2)nn1. The minimum atomic E-state index is 0.101. The van der Waals surface area contributed by atoms with Crippen LogP contribution in [0.2, 0.25) is 0 Å². The van der Waals surface area contributed by atoms with Crippen molar-refractivity contribution in [2.75, 3.05) is 5.75 Å². The summed E-state index contributed by atoms with van der Waals surface area (Å²) in [6, 6.07) is 4.20. The van der Waals surface area contributed by atoms with E-state index in [1.54, 1.807) is 0 Å². The van der Waals surface area contributed by atoms with Crippen LogP contribution >= 0.6 is 11.8 Å². The summed E-state index contributed by atoms with van der Waals surface area (Å²) in [5, 5.41) is 11.8. The first-order valence-corrected chi connectivity index (χ1v) is 6.95. The van der Waals surface area contributed by atoms with Crippen molar-refractivity contribution in [1.82, 2.24) is 15.5 Å². The molecule has 1 aromatic heterocycles. The lowest BCUT2D eigenvalue weighted by Gasteiger charge is -2.11. The van der Waals surface area contributed by atoms with Crippen molar-refractivity contribution >= 4 is 17.7 Å². The number of carbonyl (C=O) groups excluding carboxylic acids is 1. The zero-order chi connectivity index (χ0) is 12.1. The lowest BCUT2D eigenvalue weighted by molar-refractivity contribution is -0.119. The number of hydrogen-bond acceptors (Lipinski definition) is 4. The Morgan fingerprint density at radius 2 is 2.18 bits per heavy atom. The standard InChI is InChI=1S/C12H17N3OS/c1-9-6-7-12(15-14-9)17-8-11(16)13-10-4-2-3-5-10/h6-7,10H,2-5,8H2,1H3,(H,13,16). The van der Waals surface area contributed by atoms with Crippen molar-refractivity contribution in [2.45, 2.75) is 43.7 Å². The minimum Gasteiger partial charge on any atom is -0.353 e. The molecule has 1 N–H and O–H groups in total. The van der Waals surface area contributed by atoms with E-state index < -0.39 is 0 Å². The number of amides is 1. The molecule has 1 aliphatic carbocycles. The van der Waals surface area contributed by atoms with E-state index in [0.717, 1.165) is 23.6 Å². The molecule has 1 amide bonds. The first-order valence-electron chi connectivity index (χ1n) is 5.96. The molecule has 0 aromatic carbocycles. The van der Waals surface area contributed by atoms with Crippen LogP contribution in [0.5, 0.6) is 0 Å². The third kappa shape index (κ3) is 4.00. The van der Waals surface area contributed by atoms with E-state index in [0.29, 0.717) is 11.8 Å². The first kappa shape index (κ1) is 12.4. The highest BCUT2D eigenvalue weighted by Gasteiger charge is 2.16. The summed E-state index contributed by atoms with van der Waals surface area (Å²) in [7, 11) is 0. The molecular formula is C12H17N3OS. The van der Waals surface area contributed by atoms with Gasteiger partial charge < -0.3 is 5.32 Å². The van der Waals surface area contributed by atoms with Gasteiger partial charge in [0.05, 0.1) is 11.4 Å². The molecule has 0 radical (unpaired) electrons. The Morgan fingerprint density at radius 3 is 2.82 bits per heavy atom. The fraction of sp³-hybridized carbons (Fsp3) is 0.583. The highest BCUT2D eigenvalue weighted by atomic mass is 32.2. The minimum absolute atomic E-state index is 0.101. The smallest absolute Gasteiger partial charge is 0.230 e. The molecule has 1 fully saturated rings. The van der Waals surface area contributed by atoms with Gasteiger partial charge >= 0.3 is 0 Å². The van der Waals surface area contributed by atoms with E-state index in [-0.39, 0.29) is 5.91 Å². The zero-order valence-electron chi connectivity index (χ0n) is 9.98. The maximum Gasteiger partial charge on any atom is 0.230 e. The predicted octanol–water partition coefficient (Wildman–Crippen LogP) is 1.94. The van der Waals surface area contributed by atoms with Gasteiger partial charge in [-0.05, 0) is 31.9 Å². The highest BCUT2D eigenvalue weighted by molar-refractivity contribution is 7.99. The van der Waals surface area contributed by atoms with Gasteiger partial charge in [-0.3, -0.25) is 4.79 Å². The van der Waals surface area contributed by atoms with Crippen LogP contribution in [-0.4, -0.2) is 27.9 Å². The first-order chi connectivity index (χ1) is 8.24. The molecule has 1 heterocycles. The number of aryl methyl sites for hydroxylation is 1. The summed E-state index contributed by atoms with van der Waals surface area (Å²) in [6.07, 6.45) is 4.73. The van der Waals surface area contributed by atoms with E-state index in [9.17, 15) is 4.79 Å². The maximum atomic E-state index is 11.7. The summed E-state index contributed by atoms with van der Waals surface area (Å²) < 4.78 is 0. The van der Waals surface area contributed by atoms with Crippen molar-refractivity contribution in [1.29, 1.82) is 0 Å². The Kier molecular flexibility index (Phi) is 4.36. The Hall–Kier alpha value is -1.10. The van der Waals surface area contributed by atoms with Crippen molar-refractivity contribution in [3.05, 3.63) is 17.8 Å². The Balaban J connectivity index is 1.73. The van der Waals surface area contributed by atoms with E-state index in [1.165, 1.54) is 24.6 Å². The molecule has 0 atom stereocenters. The molecule has 5 heteroatoms. The third-order valence-electron chi connectivity index (χ3n) is 2.84. The second-order valence-electron chi connectivity index (χ2n) is 4.35. The van der Waals surface area contributed by atoms with Gasteiger partial charge in [-0.25, -0.2) is 0 Å². The lowest BCUT2D eigenvalue weighted by atomic mass is 10.2. The molecule has 0 unspecified atom stereocenters. The third-order valence-corrected chi connectivity index (χ3v) is 3.76. The monoisotopic (exact) mass is 251 g/mol. The van der Waals surface area contributed by atoms with Crippen LogP contribution in [0.25, 0.3) is 0 Å². The van der Waals surface area contributed by atoms with Gasteiger partial charge in [-0.15, -0.1) is 5.10 Å². The molecule has 0 bridgehead atoms. The molecule has 0 saturated heterocycles. The average molecular weight is 251 g/mol. The van der Waals surface area contributed by atoms with Gasteiger partial charge in [0.1, 0.15) is 5.03 Å². The van der Waals surface area contributed by atoms with Crippen LogP contribution in [0.3, 0.4) is 0 Å². The van der Waals surface area contributed by atoms with Crippen LogP contribution in [0.15, 0.2) is 17.2 Å². The Labute approximate surface area is 106 Å². The maximum absolute atomic E-state index is 11.7. The van der Waals surface area contributed by atoms with Gasteiger partial charge in [-0.2, -0.15) is 5.10 Å². The van der Waals surface area contributed by atoms with Crippen molar-refractivity contribution in [3.8, 4) is 0 Å². The molecule has 2 rings (SSSR count). The van der Waals surface area contributed by atoms with E-state index in [4.69, 9.17) is 0 Å². The normalized spacial score (nSPS) is 16.1. The summed E-state index contributed by atoms with van der Waals surface area (Å²) in [5.41, 5.74) is 0.893. The van der Waals surface area contributed by atoms with Crippen molar-refractivity contribution in [2.24, 2.45) is 0 Å². The van der Waals surface area contributed by atoms with Gasteiger partial charge in [0.15, 0.2) is 0 Å². The van der Waals surface area contributed by atoms with Crippen LogP contribution in [0.4, 0.5) is 0 Å². The number of rotatable bonds is 4. The van der Waals surface area contributed by atoms with Crippen LogP contribution in [0.1, 0.15) is 31.4 Å². The summed E-state index contributed by atoms with van der Waals surface area (Å²) in [6.45, 7) is 1.90. The van der Waals surface area contributed by atoms with Gasteiger partial charge in [0.25, 0.3) is 0 Å². The molecule has 1 aromatic rings. The molecular weight excluding hydrogens is 234 g/mol. The number of aromatic nitrogens is 2. The summed E-state index contributed by atoms with van der Waals surface area (Å²) in [4.78, 5) is 11.7. The predicted molar refractivity (Wildman–Crippen MR) is 67.9 cm³/mol. The van der Waals surface area contributed by atoms with Crippen LogP contribution in [-0.2, 0) is 4.79 Å². The topological polar surface area (TPSA) is 54.9 Å². The van der Waals surface area contributed by atoms with E-state index in [1.807, 2.05) is 19.1 Å². The fourth-order valence-electron chi connectivity index (χ4n) is 1.94. The quantitative estimate of drug-likeness (QED) is 0.831. The average Bonchev–Trinajstić information content (AvgIpc) is 2.81. The number of hydrogen-bond donors (Lipinski definition) is 1. The number of nitrogens with zero attached hydrogens (tertiary/aromatic N) is 2. The molecule has 1 saturated carbocycles. The van der Waals surface area contributed by atoms with Gasteiger partial charge in [0, 0.05) is 6.04 Å². The molecule has 4 nitrogen and oxygen atoms in total. The summed E-state index contributed by atoms with van der Waals surface area (Å²) >= 11 is 1.43. The highest BCUT2D eigenvalue weighted by Crippen LogP contribution is 2.18. The number of carbonyl (C=O) groups is 1. The fourth-order valence-corrected chi connectivity index (χ4v) is 2.57. The van der Waals surface area contributed by atoms with Crippen molar-refractivity contribution in [3.63, 3.8) is 0 Å². The second-order valence-corrected chi connectivity index (χ2v) is 5.35. The second kappa shape index (κ2) is 6.00. The largest absolute Gasteiger partial charge is 0.353 e. The van der Waals surface area contributed by atoms with Crippen LogP contribution < -0.4 is 5.32 Å². The van der Waals surface area contributed by atoms with Crippen LogP contribution in [0, 0.1) is 6.92 Å². The summed E-state index contributed by atoms with van der Waals surface area (Å²) in [5.74, 6) is 0.526. The molecule has 1 aliphatic rings. The number of thioether (sulfide) groups is 1. The Bertz CT molecular complexity index is 374. The van der Waals surface area contributed by atoms with Gasteiger partial charge in [0.2, 0.25) is 5.91 Å².